The van der Waals surface area contributed by atoms with Gasteiger partial charge in [-0.1, -0.05) is 6.58 Å². The van der Waals surface area contributed by atoms with E-state index >= 15 is 0 Å². The van der Waals surface area contributed by atoms with Crippen LogP contribution in [-0.4, -0.2) is 47.4 Å². The molecule has 0 radical (unpaired) electrons. The number of nitrogens with one attached hydrogen (secondary N) is 1. The van der Waals surface area contributed by atoms with Crippen molar-refractivity contribution in [2.24, 2.45) is 0 Å². The Labute approximate surface area is 80.2 Å². The molecule has 0 aromatic carbocycles. The molecule has 0 aliphatic carbocycles. The first kappa shape index (κ1) is 10.4. The molecule has 14 heavy (non-hydrogen) atoms. The molecule has 1 aliphatic rings. The molecule has 0 bridgehead atoms. The monoisotopic (exact) mass is 198 g/mol. The van der Waals surface area contributed by atoms with Crippen LogP contribution in [0.1, 0.15) is 0 Å². The second kappa shape index (κ2) is 4.01. The maximum Gasteiger partial charge on any atom is 0.332 e. The lowest BCUT2D eigenvalue weighted by atomic mass is 10.2. The lowest BCUT2D eigenvalue weighted by Crippen LogP contribution is -2.51. The highest BCUT2D eigenvalue weighted by atomic mass is 16.4. The third kappa shape index (κ3) is 2.67. The van der Waals surface area contributed by atoms with Crippen LogP contribution in [0, 0.1) is 0 Å². The van der Waals surface area contributed by atoms with Crippen LogP contribution in [0.3, 0.4) is 0 Å². The van der Waals surface area contributed by atoms with Gasteiger partial charge in [-0.05, 0) is 0 Å². The number of piperazine rings is 1. The SMILES string of the molecule is C=C(CN1CC(=O)NC(=O)C1)C(=O)O. The molecule has 2 amide bonds. The summed E-state index contributed by atoms with van der Waals surface area (Å²) in [7, 11) is 0. The molecular weight excluding hydrogens is 188 g/mol. The Morgan fingerprint density at radius 2 is 1.93 bits per heavy atom. The van der Waals surface area contributed by atoms with Crippen LogP contribution < -0.4 is 5.32 Å². The normalized spacial score (nSPS) is 17.7. The van der Waals surface area contributed by atoms with Crippen LogP contribution in [0.2, 0.25) is 0 Å². The van der Waals surface area contributed by atoms with E-state index in [1.807, 2.05) is 0 Å². The van der Waals surface area contributed by atoms with Crippen molar-refractivity contribution in [2.75, 3.05) is 19.6 Å². The topological polar surface area (TPSA) is 86.7 Å². The lowest BCUT2D eigenvalue weighted by Gasteiger charge is -2.24. The van der Waals surface area contributed by atoms with E-state index in [0.717, 1.165) is 0 Å². The molecule has 1 aliphatic heterocycles. The zero-order valence-electron chi connectivity index (χ0n) is 7.45. The van der Waals surface area contributed by atoms with Gasteiger partial charge in [0, 0.05) is 12.1 Å². The van der Waals surface area contributed by atoms with Crippen molar-refractivity contribution in [3.05, 3.63) is 12.2 Å². The van der Waals surface area contributed by atoms with Gasteiger partial charge in [0.2, 0.25) is 11.8 Å². The fourth-order valence-electron chi connectivity index (χ4n) is 1.15. The zero-order valence-corrected chi connectivity index (χ0v) is 7.45. The van der Waals surface area contributed by atoms with E-state index in [1.54, 1.807) is 0 Å². The number of amides is 2. The molecule has 6 nitrogen and oxygen atoms in total. The Bertz CT molecular complexity index is 294. The van der Waals surface area contributed by atoms with Gasteiger partial charge in [0.1, 0.15) is 0 Å². The number of hydrogen-bond donors (Lipinski definition) is 2. The Morgan fingerprint density at radius 1 is 1.43 bits per heavy atom. The lowest BCUT2D eigenvalue weighted by molar-refractivity contribution is -0.137. The number of imide groups is 1. The van der Waals surface area contributed by atoms with E-state index in [1.165, 1.54) is 4.90 Å². The maximum absolute atomic E-state index is 10.9. The molecular formula is C8H10N2O4. The van der Waals surface area contributed by atoms with Crippen LogP contribution >= 0.6 is 0 Å². The van der Waals surface area contributed by atoms with Crippen molar-refractivity contribution < 1.29 is 19.5 Å². The fraction of sp³-hybridized carbons (Fsp3) is 0.375. The summed E-state index contributed by atoms with van der Waals surface area (Å²) in [6.07, 6.45) is 0. The summed E-state index contributed by atoms with van der Waals surface area (Å²) in [6.45, 7) is 3.39. The molecule has 0 unspecified atom stereocenters. The minimum Gasteiger partial charge on any atom is -0.478 e. The molecule has 1 fully saturated rings. The van der Waals surface area contributed by atoms with Gasteiger partial charge in [-0.2, -0.15) is 0 Å². The van der Waals surface area contributed by atoms with Gasteiger partial charge in [0.15, 0.2) is 0 Å². The third-order valence-corrected chi connectivity index (χ3v) is 1.73. The largest absolute Gasteiger partial charge is 0.478 e. The summed E-state index contributed by atoms with van der Waals surface area (Å²) in [4.78, 5) is 33.6. The molecule has 1 heterocycles. The first-order valence-corrected chi connectivity index (χ1v) is 3.95. The van der Waals surface area contributed by atoms with Crippen molar-refractivity contribution in [1.29, 1.82) is 0 Å². The van der Waals surface area contributed by atoms with Crippen molar-refractivity contribution in [3.63, 3.8) is 0 Å². The summed E-state index contributed by atoms with van der Waals surface area (Å²) < 4.78 is 0. The van der Waals surface area contributed by atoms with Crippen LogP contribution in [0.25, 0.3) is 0 Å². The zero-order chi connectivity index (χ0) is 10.7. The average molecular weight is 198 g/mol. The Balaban J connectivity index is 2.53. The van der Waals surface area contributed by atoms with Gasteiger partial charge in [-0.25, -0.2) is 4.79 Å². The predicted octanol–water partition coefficient (Wildman–Crippen LogP) is -1.41. The number of carbonyl (C=O) groups is 3. The Hall–Kier alpha value is -1.69. The number of carbonyl (C=O) groups excluding carboxylic acids is 2. The smallest absolute Gasteiger partial charge is 0.332 e. The molecule has 1 rings (SSSR count). The first-order chi connectivity index (χ1) is 6.49. The first-order valence-electron chi connectivity index (χ1n) is 3.95. The number of aliphatic carboxylic acids is 1. The highest BCUT2D eigenvalue weighted by Crippen LogP contribution is 2.00. The van der Waals surface area contributed by atoms with Crippen molar-refractivity contribution in [2.45, 2.75) is 0 Å². The van der Waals surface area contributed by atoms with Crippen LogP contribution in [-0.2, 0) is 14.4 Å². The molecule has 0 atom stereocenters. The molecule has 0 aromatic rings. The van der Waals surface area contributed by atoms with E-state index in [-0.39, 0.29) is 25.2 Å². The minimum atomic E-state index is -1.12. The van der Waals surface area contributed by atoms with Crippen LogP contribution in [0.15, 0.2) is 12.2 Å². The van der Waals surface area contributed by atoms with Crippen LogP contribution in [0.4, 0.5) is 0 Å². The molecule has 0 saturated carbocycles. The average Bonchev–Trinajstić information content (AvgIpc) is 2.01. The van der Waals surface area contributed by atoms with Gasteiger partial charge in [-0.3, -0.25) is 19.8 Å². The quantitative estimate of drug-likeness (QED) is 0.429. The standard InChI is InChI=1S/C8H10N2O4/c1-5(8(13)14)2-10-3-6(11)9-7(12)4-10/h1-4H2,(H,13,14)(H,9,11,12). The summed E-state index contributed by atoms with van der Waals surface area (Å²) in [6, 6.07) is 0. The fourth-order valence-corrected chi connectivity index (χ4v) is 1.15. The van der Waals surface area contributed by atoms with E-state index in [4.69, 9.17) is 5.11 Å². The molecule has 6 heteroatoms. The number of hydrogen-bond acceptors (Lipinski definition) is 4. The predicted molar refractivity (Wildman–Crippen MR) is 46.4 cm³/mol. The Morgan fingerprint density at radius 3 is 2.36 bits per heavy atom. The van der Waals surface area contributed by atoms with Crippen molar-refractivity contribution >= 4 is 17.8 Å². The summed E-state index contributed by atoms with van der Waals surface area (Å²) in [5.74, 6) is -1.96. The summed E-state index contributed by atoms with van der Waals surface area (Å²) >= 11 is 0. The number of carboxylic acids is 1. The van der Waals surface area contributed by atoms with Gasteiger partial charge >= 0.3 is 5.97 Å². The molecule has 1 saturated heterocycles. The molecule has 0 aromatic heterocycles. The van der Waals surface area contributed by atoms with Crippen molar-refractivity contribution in [1.82, 2.24) is 10.2 Å². The van der Waals surface area contributed by atoms with Crippen molar-refractivity contribution in [3.8, 4) is 0 Å². The highest BCUT2D eigenvalue weighted by Gasteiger charge is 2.23. The van der Waals surface area contributed by atoms with Crippen LogP contribution in [0.5, 0.6) is 0 Å². The van der Waals surface area contributed by atoms with Gasteiger partial charge in [0.25, 0.3) is 0 Å². The summed E-state index contributed by atoms with van der Waals surface area (Å²) in [5, 5.41) is 10.6. The van der Waals surface area contributed by atoms with Gasteiger partial charge in [0.05, 0.1) is 13.1 Å². The number of nitrogens with zero attached hydrogens (tertiary/aromatic N) is 1. The Kier molecular flexibility index (Phi) is 2.98. The highest BCUT2D eigenvalue weighted by molar-refractivity contribution is 5.99. The molecule has 2 N–H and O–H groups in total. The number of carboxylic acid groups (broad SMARTS) is 1. The second-order valence-corrected chi connectivity index (χ2v) is 3.03. The molecule has 0 spiro atoms. The number of rotatable bonds is 3. The van der Waals surface area contributed by atoms with E-state index in [2.05, 4.69) is 11.9 Å². The van der Waals surface area contributed by atoms with Gasteiger partial charge < -0.3 is 5.11 Å². The van der Waals surface area contributed by atoms with E-state index in [0.29, 0.717) is 0 Å². The maximum atomic E-state index is 10.9. The minimum absolute atomic E-state index is 0.0223. The summed E-state index contributed by atoms with van der Waals surface area (Å²) in [5.41, 5.74) is -0.0347. The molecule has 76 valence electrons. The second-order valence-electron chi connectivity index (χ2n) is 3.03. The van der Waals surface area contributed by atoms with E-state index < -0.39 is 17.8 Å². The third-order valence-electron chi connectivity index (χ3n) is 1.73. The van der Waals surface area contributed by atoms with Gasteiger partial charge in [-0.15, -0.1) is 0 Å². The van der Waals surface area contributed by atoms with E-state index in [9.17, 15) is 14.4 Å².